The van der Waals surface area contributed by atoms with E-state index in [0.717, 1.165) is 69.4 Å². The number of nitrogens with zero attached hydrogens (tertiary/aromatic N) is 2. The summed E-state index contributed by atoms with van der Waals surface area (Å²) in [5.41, 5.74) is 1.69. The van der Waals surface area contributed by atoms with E-state index < -0.39 is 0 Å². The summed E-state index contributed by atoms with van der Waals surface area (Å²) >= 11 is 0. The Morgan fingerprint density at radius 3 is 2.65 bits per heavy atom. The van der Waals surface area contributed by atoms with E-state index in [-0.39, 0.29) is 24.2 Å². The van der Waals surface area contributed by atoms with Gasteiger partial charge in [-0.25, -0.2) is 4.98 Å². The van der Waals surface area contributed by atoms with Crippen molar-refractivity contribution in [1.82, 2.24) is 10.3 Å². The zero-order valence-corrected chi connectivity index (χ0v) is 14.3. The smallest absolute Gasteiger partial charge is 0.227 e. The van der Waals surface area contributed by atoms with Crippen LogP contribution in [0.2, 0.25) is 0 Å². The van der Waals surface area contributed by atoms with Crippen LogP contribution in [-0.4, -0.2) is 50.3 Å². The molecular formula is C16H25ClN4O2. The van der Waals surface area contributed by atoms with Crippen molar-refractivity contribution in [3.05, 3.63) is 17.8 Å². The fraction of sp³-hybridized carbons (Fsp3) is 0.625. The number of halogens is 1. The minimum atomic E-state index is 0. The van der Waals surface area contributed by atoms with Crippen molar-refractivity contribution in [2.24, 2.45) is 5.92 Å². The summed E-state index contributed by atoms with van der Waals surface area (Å²) in [7, 11) is 0. The summed E-state index contributed by atoms with van der Waals surface area (Å²) in [5.74, 6) is 1.19. The molecule has 1 aromatic heterocycles. The lowest BCUT2D eigenvalue weighted by molar-refractivity contribution is -0.120. The summed E-state index contributed by atoms with van der Waals surface area (Å²) in [6.07, 6.45) is 1.81. The molecule has 0 radical (unpaired) electrons. The maximum absolute atomic E-state index is 12.3. The fourth-order valence-corrected chi connectivity index (χ4v) is 2.97. The summed E-state index contributed by atoms with van der Waals surface area (Å²) in [6, 6.07) is 3.95. The molecule has 2 N–H and O–H groups in total. The van der Waals surface area contributed by atoms with Gasteiger partial charge in [0.1, 0.15) is 5.82 Å². The van der Waals surface area contributed by atoms with Crippen molar-refractivity contribution >= 4 is 29.8 Å². The number of hydrogen-bond acceptors (Lipinski definition) is 5. The summed E-state index contributed by atoms with van der Waals surface area (Å²) in [5, 5.41) is 6.32. The highest BCUT2D eigenvalue weighted by Gasteiger charge is 2.21. The van der Waals surface area contributed by atoms with E-state index in [1.54, 1.807) is 0 Å². The van der Waals surface area contributed by atoms with Crippen molar-refractivity contribution < 1.29 is 9.53 Å². The molecule has 0 saturated carbocycles. The van der Waals surface area contributed by atoms with Crippen LogP contribution in [0.25, 0.3) is 0 Å². The van der Waals surface area contributed by atoms with Gasteiger partial charge in [-0.05, 0) is 45.0 Å². The Hall–Kier alpha value is -1.37. The number of rotatable bonds is 3. The zero-order chi connectivity index (χ0) is 15.4. The standard InChI is InChI=1S/C16H24N4O2.ClH/c1-12-14(19-16(21)13-4-6-17-7-5-13)2-3-15(18-12)20-8-10-22-11-9-20;/h2-3,13,17H,4-11H2,1H3,(H,19,21);1H. The lowest BCUT2D eigenvalue weighted by Crippen LogP contribution is -2.37. The molecule has 2 aliphatic heterocycles. The minimum absolute atomic E-state index is 0. The quantitative estimate of drug-likeness (QED) is 0.874. The second kappa shape index (κ2) is 8.47. The van der Waals surface area contributed by atoms with Gasteiger partial charge in [-0.15, -0.1) is 12.4 Å². The number of pyridine rings is 1. The van der Waals surface area contributed by atoms with E-state index in [2.05, 4.69) is 20.5 Å². The molecule has 2 fully saturated rings. The molecule has 2 saturated heterocycles. The molecule has 2 aliphatic rings. The normalized spacial score (nSPS) is 19.1. The van der Waals surface area contributed by atoms with Gasteiger partial charge in [0.05, 0.1) is 24.6 Å². The van der Waals surface area contributed by atoms with Crippen LogP contribution in [0.3, 0.4) is 0 Å². The molecule has 1 aromatic rings. The minimum Gasteiger partial charge on any atom is -0.378 e. The fourth-order valence-electron chi connectivity index (χ4n) is 2.97. The van der Waals surface area contributed by atoms with Gasteiger partial charge >= 0.3 is 0 Å². The van der Waals surface area contributed by atoms with Crippen molar-refractivity contribution in [1.29, 1.82) is 0 Å². The predicted octanol–water partition coefficient (Wildman–Crippen LogP) is 1.59. The zero-order valence-electron chi connectivity index (χ0n) is 13.5. The number of aromatic nitrogens is 1. The van der Waals surface area contributed by atoms with Crippen LogP contribution in [0.15, 0.2) is 12.1 Å². The molecule has 0 aliphatic carbocycles. The first-order valence-corrected chi connectivity index (χ1v) is 8.06. The summed E-state index contributed by atoms with van der Waals surface area (Å²) < 4.78 is 5.36. The highest BCUT2D eigenvalue weighted by Crippen LogP contribution is 2.21. The molecule has 6 nitrogen and oxygen atoms in total. The van der Waals surface area contributed by atoms with Gasteiger partial charge in [-0.1, -0.05) is 0 Å². The lowest BCUT2D eigenvalue weighted by atomic mass is 9.97. The molecule has 0 spiro atoms. The number of amides is 1. The maximum Gasteiger partial charge on any atom is 0.227 e. The Morgan fingerprint density at radius 2 is 2.00 bits per heavy atom. The molecule has 0 unspecified atom stereocenters. The van der Waals surface area contributed by atoms with Crippen molar-refractivity contribution in [2.75, 3.05) is 49.6 Å². The molecule has 1 amide bonds. The van der Waals surface area contributed by atoms with Gasteiger partial charge < -0.3 is 20.3 Å². The highest BCUT2D eigenvalue weighted by atomic mass is 35.5. The number of hydrogen-bond donors (Lipinski definition) is 2. The Kier molecular flexibility index (Phi) is 6.62. The average Bonchev–Trinajstić information content (AvgIpc) is 2.58. The number of morpholine rings is 1. The highest BCUT2D eigenvalue weighted by molar-refractivity contribution is 5.93. The number of carbonyl (C=O) groups excluding carboxylic acids is 1. The largest absolute Gasteiger partial charge is 0.378 e. The average molecular weight is 341 g/mol. The second-order valence-corrected chi connectivity index (χ2v) is 5.92. The SMILES string of the molecule is Cc1nc(N2CCOCC2)ccc1NC(=O)C1CCNCC1.Cl. The van der Waals surface area contributed by atoms with E-state index in [4.69, 9.17) is 4.74 Å². The monoisotopic (exact) mass is 340 g/mol. The number of nitrogens with one attached hydrogen (secondary N) is 2. The molecule has 23 heavy (non-hydrogen) atoms. The van der Waals surface area contributed by atoms with Gasteiger partial charge in [-0.3, -0.25) is 4.79 Å². The van der Waals surface area contributed by atoms with E-state index in [1.165, 1.54) is 0 Å². The van der Waals surface area contributed by atoms with Gasteiger partial charge in [-0.2, -0.15) is 0 Å². The Morgan fingerprint density at radius 1 is 1.30 bits per heavy atom. The summed E-state index contributed by atoms with van der Waals surface area (Å²) in [4.78, 5) is 19.2. The Balaban J connectivity index is 0.00000192. The van der Waals surface area contributed by atoms with Crippen LogP contribution in [0.4, 0.5) is 11.5 Å². The summed E-state index contributed by atoms with van der Waals surface area (Å²) in [6.45, 7) is 7.02. The van der Waals surface area contributed by atoms with Crippen LogP contribution in [-0.2, 0) is 9.53 Å². The third-order valence-electron chi connectivity index (χ3n) is 4.37. The molecule has 0 bridgehead atoms. The third kappa shape index (κ3) is 4.56. The van der Waals surface area contributed by atoms with Crippen LogP contribution in [0.5, 0.6) is 0 Å². The number of ether oxygens (including phenoxy) is 1. The molecule has 0 aromatic carbocycles. The van der Waals surface area contributed by atoms with Crippen LogP contribution in [0, 0.1) is 12.8 Å². The van der Waals surface area contributed by atoms with E-state index >= 15 is 0 Å². The predicted molar refractivity (Wildman–Crippen MR) is 93.5 cm³/mol. The number of carbonyl (C=O) groups is 1. The first-order valence-electron chi connectivity index (χ1n) is 8.06. The Bertz CT molecular complexity index is 529. The molecule has 3 heterocycles. The van der Waals surface area contributed by atoms with E-state index in [0.29, 0.717) is 0 Å². The lowest BCUT2D eigenvalue weighted by Gasteiger charge is -2.28. The van der Waals surface area contributed by atoms with Crippen LogP contribution < -0.4 is 15.5 Å². The van der Waals surface area contributed by atoms with Crippen LogP contribution >= 0.6 is 12.4 Å². The number of aryl methyl sites for hydroxylation is 1. The van der Waals surface area contributed by atoms with Crippen LogP contribution in [0.1, 0.15) is 18.5 Å². The van der Waals surface area contributed by atoms with Crippen molar-refractivity contribution in [3.8, 4) is 0 Å². The molecule has 3 rings (SSSR count). The number of piperidine rings is 1. The topological polar surface area (TPSA) is 66.5 Å². The molecule has 0 atom stereocenters. The Labute approximate surface area is 143 Å². The third-order valence-corrected chi connectivity index (χ3v) is 4.37. The van der Waals surface area contributed by atoms with Gasteiger partial charge in [0.2, 0.25) is 5.91 Å². The molecule has 128 valence electrons. The first-order chi connectivity index (χ1) is 10.7. The number of anilines is 2. The van der Waals surface area contributed by atoms with Gasteiger partial charge in [0, 0.05) is 19.0 Å². The van der Waals surface area contributed by atoms with Gasteiger partial charge in [0.15, 0.2) is 0 Å². The van der Waals surface area contributed by atoms with E-state index in [1.807, 2.05) is 19.1 Å². The van der Waals surface area contributed by atoms with Gasteiger partial charge in [0.25, 0.3) is 0 Å². The molecular weight excluding hydrogens is 316 g/mol. The van der Waals surface area contributed by atoms with E-state index in [9.17, 15) is 4.79 Å². The first kappa shape index (κ1) is 18.0. The maximum atomic E-state index is 12.3. The molecule has 7 heteroatoms. The second-order valence-electron chi connectivity index (χ2n) is 5.92. The van der Waals surface area contributed by atoms with Crippen molar-refractivity contribution in [3.63, 3.8) is 0 Å². The van der Waals surface area contributed by atoms with Crippen molar-refractivity contribution in [2.45, 2.75) is 19.8 Å².